The normalized spacial score (nSPS) is 17.0. The molecule has 0 saturated carbocycles. The molecule has 1 unspecified atom stereocenters. The van der Waals surface area contributed by atoms with Crippen molar-refractivity contribution in [3.05, 3.63) is 64.4 Å². The standard InChI is InChI=1S/C17H13BrFN3O3/c18-11-6-2-1-5-10(11)16(24)21-20-13-9-15(23)22(17(13)25)14-8-4-3-7-12(14)19/h1-8,13,20H,9H2,(H,21,24). The molecule has 25 heavy (non-hydrogen) atoms. The van der Waals surface area contributed by atoms with Gasteiger partial charge < -0.3 is 0 Å². The van der Waals surface area contributed by atoms with Gasteiger partial charge in [-0.3, -0.25) is 19.8 Å². The van der Waals surface area contributed by atoms with Crippen molar-refractivity contribution in [2.24, 2.45) is 0 Å². The number of carbonyl (C=O) groups is 3. The van der Waals surface area contributed by atoms with Crippen LogP contribution in [0.1, 0.15) is 16.8 Å². The summed E-state index contributed by atoms with van der Waals surface area (Å²) in [6.45, 7) is 0. The molecule has 0 spiro atoms. The second-order valence-corrected chi connectivity index (χ2v) is 6.21. The number of nitrogens with zero attached hydrogens (tertiary/aromatic N) is 1. The monoisotopic (exact) mass is 405 g/mol. The van der Waals surface area contributed by atoms with E-state index in [4.69, 9.17) is 0 Å². The summed E-state index contributed by atoms with van der Waals surface area (Å²) in [5.41, 5.74) is 5.23. The Balaban J connectivity index is 1.70. The van der Waals surface area contributed by atoms with Gasteiger partial charge >= 0.3 is 0 Å². The van der Waals surface area contributed by atoms with E-state index < -0.39 is 29.6 Å². The smallest absolute Gasteiger partial charge is 0.266 e. The number of imide groups is 1. The Bertz CT molecular complexity index is 859. The number of anilines is 1. The van der Waals surface area contributed by atoms with E-state index in [0.29, 0.717) is 10.0 Å². The van der Waals surface area contributed by atoms with E-state index in [9.17, 15) is 18.8 Å². The number of rotatable bonds is 4. The lowest BCUT2D eigenvalue weighted by Gasteiger charge is -2.16. The van der Waals surface area contributed by atoms with Gasteiger partial charge in [-0.15, -0.1) is 0 Å². The number of hydrogen-bond acceptors (Lipinski definition) is 4. The molecule has 8 heteroatoms. The average molecular weight is 406 g/mol. The molecule has 1 saturated heterocycles. The van der Waals surface area contributed by atoms with Crippen LogP contribution in [0.15, 0.2) is 53.0 Å². The van der Waals surface area contributed by atoms with Crippen LogP contribution in [-0.4, -0.2) is 23.8 Å². The molecule has 1 aliphatic heterocycles. The number of hydrazine groups is 1. The van der Waals surface area contributed by atoms with E-state index in [-0.39, 0.29) is 12.1 Å². The van der Waals surface area contributed by atoms with Crippen molar-refractivity contribution in [2.75, 3.05) is 4.90 Å². The van der Waals surface area contributed by atoms with Crippen molar-refractivity contribution < 1.29 is 18.8 Å². The number of halogens is 2. The van der Waals surface area contributed by atoms with Crippen LogP contribution in [0.3, 0.4) is 0 Å². The van der Waals surface area contributed by atoms with Crippen molar-refractivity contribution in [2.45, 2.75) is 12.5 Å². The molecule has 0 radical (unpaired) electrons. The van der Waals surface area contributed by atoms with Crippen LogP contribution in [-0.2, 0) is 9.59 Å². The van der Waals surface area contributed by atoms with Crippen LogP contribution >= 0.6 is 15.9 Å². The van der Waals surface area contributed by atoms with E-state index in [1.807, 2.05) is 0 Å². The summed E-state index contributed by atoms with van der Waals surface area (Å²) < 4.78 is 14.4. The lowest BCUT2D eigenvalue weighted by atomic mass is 10.2. The highest BCUT2D eigenvalue weighted by molar-refractivity contribution is 9.10. The molecule has 1 heterocycles. The maximum Gasteiger partial charge on any atom is 0.266 e. The van der Waals surface area contributed by atoms with Crippen LogP contribution in [0.4, 0.5) is 10.1 Å². The molecule has 3 amide bonds. The zero-order valence-corrected chi connectivity index (χ0v) is 14.4. The van der Waals surface area contributed by atoms with Crippen molar-refractivity contribution in [1.82, 2.24) is 10.9 Å². The van der Waals surface area contributed by atoms with Gasteiger partial charge in [-0.25, -0.2) is 14.7 Å². The summed E-state index contributed by atoms with van der Waals surface area (Å²) in [7, 11) is 0. The molecular formula is C17H13BrFN3O3. The molecule has 2 aromatic carbocycles. The fourth-order valence-corrected chi connectivity index (χ4v) is 2.96. The molecule has 0 aliphatic carbocycles. The van der Waals surface area contributed by atoms with Crippen molar-refractivity contribution in [3.63, 3.8) is 0 Å². The Morgan fingerprint density at radius 1 is 1.12 bits per heavy atom. The van der Waals surface area contributed by atoms with Gasteiger partial charge in [0.05, 0.1) is 17.7 Å². The predicted octanol–water partition coefficient (Wildman–Crippen LogP) is 2.15. The molecule has 2 N–H and O–H groups in total. The minimum Gasteiger partial charge on any atom is -0.287 e. The maximum absolute atomic E-state index is 13.9. The van der Waals surface area contributed by atoms with E-state index in [1.54, 1.807) is 24.3 Å². The third-order valence-corrected chi connectivity index (χ3v) is 4.41. The summed E-state index contributed by atoms with van der Waals surface area (Å²) in [5.74, 6) is -2.29. The number of carbonyl (C=O) groups excluding carboxylic acids is 3. The summed E-state index contributed by atoms with van der Waals surface area (Å²) in [4.78, 5) is 37.4. The van der Waals surface area contributed by atoms with Gasteiger partial charge in [0.25, 0.3) is 11.8 Å². The number of hydrogen-bond donors (Lipinski definition) is 2. The molecule has 0 bridgehead atoms. The topological polar surface area (TPSA) is 78.5 Å². The van der Waals surface area contributed by atoms with Crippen LogP contribution in [0, 0.1) is 5.82 Å². The van der Waals surface area contributed by atoms with Crippen molar-refractivity contribution in [1.29, 1.82) is 0 Å². The molecule has 3 rings (SSSR count). The largest absolute Gasteiger partial charge is 0.287 e. The molecule has 1 atom stereocenters. The number of para-hydroxylation sites is 1. The molecule has 2 aromatic rings. The number of benzene rings is 2. The van der Waals surface area contributed by atoms with Crippen LogP contribution in [0.2, 0.25) is 0 Å². The van der Waals surface area contributed by atoms with E-state index in [0.717, 1.165) is 4.90 Å². The minimum absolute atomic E-state index is 0.0982. The van der Waals surface area contributed by atoms with Gasteiger partial charge in [-0.1, -0.05) is 24.3 Å². The first-order valence-electron chi connectivity index (χ1n) is 7.41. The zero-order chi connectivity index (χ0) is 18.0. The van der Waals surface area contributed by atoms with Crippen LogP contribution in [0.25, 0.3) is 0 Å². The zero-order valence-electron chi connectivity index (χ0n) is 12.8. The lowest BCUT2D eigenvalue weighted by Crippen LogP contribution is -2.48. The van der Waals surface area contributed by atoms with Gasteiger partial charge in [0.15, 0.2) is 0 Å². The number of amides is 3. The summed E-state index contributed by atoms with van der Waals surface area (Å²) >= 11 is 3.26. The summed E-state index contributed by atoms with van der Waals surface area (Å²) in [6, 6.07) is 11.3. The Morgan fingerprint density at radius 3 is 2.52 bits per heavy atom. The van der Waals surface area contributed by atoms with Gasteiger partial charge in [0, 0.05) is 4.47 Å². The maximum atomic E-state index is 13.9. The van der Waals surface area contributed by atoms with Crippen molar-refractivity contribution in [3.8, 4) is 0 Å². The van der Waals surface area contributed by atoms with Crippen molar-refractivity contribution >= 4 is 39.3 Å². The lowest BCUT2D eigenvalue weighted by molar-refractivity contribution is -0.121. The molecule has 1 aliphatic rings. The Morgan fingerprint density at radius 2 is 1.80 bits per heavy atom. The average Bonchev–Trinajstić information content (AvgIpc) is 2.87. The first kappa shape index (κ1) is 17.2. The molecule has 128 valence electrons. The Labute approximate surface area is 151 Å². The van der Waals surface area contributed by atoms with E-state index in [2.05, 4.69) is 26.8 Å². The first-order chi connectivity index (χ1) is 12.0. The van der Waals surface area contributed by atoms with Gasteiger partial charge in [-0.2, -0.15) is 0 Å². The predicted molar refractivity (Wildman–Crippen MR) is 92.0 cm³/mol. The molecular weight excluding hydrogens is 393 g/mol. The van der Waals surface area contributed by atoms with Crippen LogP contribution < -0.4 is 15.8 Å². The van der Waals surface area contributed by atoms with Crippen LogP contribution in [0.5, 0.6) is 0 Å². The third-order valence-electron chi connectivity index (χ3n) is 3.72. The Hall–Kier alpha value is -2.58. The quantitative estimate of drug-likeness (QED) is 0.603. The summed E-state index contributed by atoms with van der Waals surface area (Å²) in [5, 5.41) is 0. The van der Waals surface area contributed by atoms with Gasteiger partial charge in [0.2, 0.25) is 5.91 Å². The second kappa shape index (κ2) is 7.12. The van der Waals surface area contributed by atoms with E-state index >= 15 is 0 Å². The highest BCUT2D eigenvalue weighted by Crippen LogP contribution is 2.25. The fourth-order valence-electron chi connectivity index (χ4n) is 2.50. The molecule has 1 fully saturated rings. The van der Waals surface area contributed by atoms with Gasteiger partial charge in [0.1, 0.15) is 11.9 Å². The van der Waals surface area contributed by atoms with Gasteiger partial charge in [-0.05, 0) is 40.2 Å². The van der Waals surface area contributed by atoms with E-state index in [1.165, 1.54) is 24.3 Å². The highest BCUT2D eigenvalue weighted by Gasteiger charge is 2.40. The fraction of sp³-hybridized carbons (Fsp3) is 0.118. The third kappa shape index (κ3) is 3.45. The molecule has 6 nitrogen and oxygen atoms in total. The summed E-state index contributed by atoms with van der Waals surface area (Å²) in [6.07, 6.45) is -0.177. The number of nitrogens with one attached hydrogen (secondary N) is 2. The second-order valence-electron chi connectivity index (χ2n) is 5.35. The SMILES string of the molecule is O=C(NNC1CC(=O)N(c2ccccc2F)C1=O)c1ccccc1Br. The molecule has 0 aromatic heterocycles. The Kier molecular flexibility index (Phi) is 4.91. The highest BCUT2D eigenvalue weighted by atomic mass is 79.9. The first-order valence-corrected chi connectivity index (χ1v) is 8.20. The minimum atomic E-state index is -0.960.